The van der Waals surface area contributed by atoms with Crippen LogP contribution in [-0.4, -0.2) is 30.7 Å². The molecular formula is C13H18BrN3. The summed E-state index contributed by atoms with van der Waals surface area (Å²) in [6.07, 6.45) is 4.60. The van der Waals surface area contributed by atoms with Crippen molar-refractivity contribution in [3.05, 3.63) is 22.3 Å². The number of anilines is 1. The minimum absolute atomic E-state index is 0.675. The van der Waals surface area contributed by atoms with Gasteiger partial charge in [0.05, 0.1) is 0 Å². The Morgan fingerprint density at radius 1 is 1.47 bits per heavy atom. The zero-order chi connectivity index (χ0) is 11.8. The van der Waals surface area contributed by atoms with Gasteiger partial charge in [0.1, 0.15) is 5.82 Å². The van der Waals surface area contributed by atoms with E-state index >= 15 is 0 Å². The van der Waals surface area contributed by atoms with Crippen LogP contribution < -0.4 is 10.2 Å². The van der Waals surface area contributed by atoms with Gasteiger partial charge in [0.15, 0.2) is 0 Å². The van der Waals surface area contributed by atoms with Crippen LogP contribution in [0.25, 0.3) is 0 Å². The molecular weight excluding hydrogens is 278 g/mol. The lowest BCUT2D eigenvalue weighted by Gasteiger charge is -2.24. The monoisotopic (exact) mass is 295 g/mol. The first kappa shape index (κ1) is 11.5. The maximum absolute atomic E-state index is 4.53. The number of fused-ring (bicyclic) bond motifs is 1. The first-order valence-electron chi connectivity index (χ1n) is 6.34. The summed E-state index contributed by atoms with van der Waals surface area (Å²) < 4.78 is 1.09. The Labute approximate surface area is 111 Å². The van der Waals surface area contributed by atoms with Crippen LogP contribution in [0.3, 0.4) is 0 Å². The molecule has 0 amide bonds. The van der Waals surface area contributed by atoms with E-state index in [1.807, 2.05) is 6.20 Å². The van der Waals surface area contributed by atoms with E-state index in [0.29, 0.717) is 6.04 Å². The normalized spacial score (nSPS) is 28.2. The summed E-state index contributed by atoms with van der Waals surface area (Å²) in [6.45, 7) is 5.57. The molecule has 92 valence electrons. The van der Waals surface area contributed by atoms with E-state index in [1.54, 1.807) is 0 Å². The lowest BCUT2D eigenvalue weighted by atomic mass is 9.94. The quantitative estimate of drug-likeness (QED) is 0.862. The summed E-state index contributed by atoms with van der Waals surface area (Å²) in [4.78, 5) is 6.95. The van der Waals surface area contributed by atoms with Gasteiger partial charge in [0.2, 0.25) is 0 Å². The number of rotatable bonds is 1. The highest BCUT2D eigenvalue weighted by molar-refractivity contribution is 9.10. The summed E-state index contributed by atoms with van der Waals surface area (Å²) in [5.74, 6) is 1.94. The summed E-state index contributed by atoms with van der Waals surface area (Å²) in [5, 5.41) is 3.63. The molecule has 3 rings (SSSR count). The van der Waals surface area contributed by atoms with Gasteiger partial charge in [-0.3, -0.25) is 0 Å². The van der Waals surface area contributed by atoms with E-state index in [9.17, 15) is 0 Å². The molecule has 0 aromatic carbocycles. The summed E-state index contributed by atoms with van der Waals surface area (Å²) in [5.41, 5.74) is 1.26. The van der Waals surface area contributed by atoms with Gasteiger partial charge in [-0.1, -0.05) is 0 Å². The van der Waals surface area contributed by atoms with Crippen LogP contribution in [-0.2, 0) is 0 Å². The number of nitrogens with zero attached hydrogens (tertiary/aromatic N) is 2. The van der Waals surface area contributed by atoms with Crippen molar-refractivity contribution in [1.82, 2.24) is 10.3 Å². The molecule has 17 heavy (non-hydrogen) atoms. The molecule has 0 radical (unpaired) electrons. The Kier molecular flexibility index (Phi) is 3.09. The van der Waals surface area contributed by atoms with Crippen molar-refractivity contribution in [2.45, 2.75) is 25.8 Å². The molecule has 0 spiro atoms. The Bertz CT molecular complexity index is 407. The number of nitrogens with one attached hydrogen (secondary N) is 1. The maximum atomic E-state index is 4.53. The molecule has 2 aliphatic rings. The van der Waals surface area contributed by atoms with Crippen LogP contribution in [0, 0.1) is 12.8 Å². The molecule has 4 heteroatoms. The first-order valence-corrected chi connectivity index (χ1v) is 7.14. The Morgan fingerprint density at radius 2 is 2.35 bits per heavy atom. The number of hydrogen-bond acceptors (Lipinski definition) is 3. The maximum Gasteiger partial charge on any atom is 0.128 e. The van der Waals surface area contributed by atoms with E-state index in [0.717, 1.165) is 29.3 Å². The predicted octanol–water partition coefficient (Wildman–Crippen LogP) is 2.34. The lowest BCUT2D eigenvalue weighted by molar-refractivity contribution is 0.340. The van der Waals surface area contributed by atoms with Gasteiger partial charge in [0, 0.05) is 29.8 Å². The average molecular weight is 296 g/mol. The van der Waals surface area contributed by atoms with Gasteiger partial charge in [-0.2, -0.15) is 0 Å². The Morgan fingerprint density at radius 3 is 3.12 bits per heavy atom. The number of aromatic nitrogens is 1. The fourth-order valence-corrected chi connectivity index (χ4v) is 3.15. The van der Waals surface area contributed by atoms with Crippen LogP contribution in [0.1, 0.15) is 18.4 Å². The van der Waals surface area contributed by atoms with Gasteiger partial charge in [0.25, 0.3) is 0 Å². The standard InChI is InChI=1S/C13H18BrN3/c1-9-5-13(16-6-11(9)14)17-7-10-3-2-4-15-12(10)8-17/h5-6,10,12,15H,2-4,7-8H2,1H3/t10-,12+/m0/s1. The number of pyridine rings is 1. The minimum Gasteiger partial charge on any atom is -0.355 e. The molecule has 2 saturated heterocycles. The van der Waals surface area contributed by atoms with Crippen molar-refractivity contribution in [1.29, 1.82) is 0 Å². The second kappa shape index (κ2) is 4.58. The fourth-order valence-electron chi connectivity index (χ4n) is 2.93. The third-order valence-electron chi connectivity index (χ3n) is 3.96. The average Bonchev–Trinajstić information content (AvgIpc) is 2.76. The van der Waals surface area contributed by atoms with E-state index in [4.69, 9.17) is 0 Å². The Hall–Kier alpha value is -0.610. The summed E-state index contributed by atoms with van der Waals surface area (Å²) in [7, 11) is 0. The van der Waals surface area contributed by atoms with Gasteiger partial charge in [-0.05, 0) is 59.8 Å². The largest absolute Gasteiger partial charge is 0.355 e. The van der Waals surface area contributed by atoms with Crippen molar-refractivity contribution >= 4 is 21.7 Å². The zero-order valence-corrected chi connectivity index (χ0v) is 11.7. The fraction of sp³-hybridized carbons (Fsp3) is 0.615. The number of piperidine rings is 1. The molecule has 0 aliphatic carbocycles. The van der Waals surface area contributed by atoms with Crippen molar-refractivity contribution in [2.75, 3.05) is 24.5 Å². The molecule has 3 nitrogen and oxygen atoms in total. The van der Waals surface area contributed by atoms with E-state index in [1.165, 1.54) is 24.9 Å². The Balaban J connectivity index is 1.79. The summed E-state index contributed by atoms with van der Waals surface area (Å²) in [6, 6.07) is 2.86. The second-order valence-corrected chi connectivity index (χ2v) is 6.01. The topological polar surface area (TPSA) is 28.2 Å². The van der Waals surface area contributed by atoms with E-state index in [-0.39, 0.29) is 0 Å². The SMILES string of the molecule is Cc1cc(N2C[C@@H]3CCCN[C@@H]3C2)ncc1Br. The van der Waals surface area contributed by atoms with Gasteiger partial charge in [-0.15, -0.1) is 0 Å². The van der Waals surface area contributed by atoms with Crippen LogP contribution in [0.5, 0.6) is 0 Å². The van der Waals surface area contributed by atoms with Crippen LogP contribution >= 0.6 is 15.9 Å². The molecule has 2 fully saturated rings. The molecule has 0 bridgehead atoms. The molecule has 1 aromatic rings. The molecule has 0 unspecified atom stereocenters. The molecule has 3 heterocycles. The zero-order valence-electron chi connectivity index (χ0n) is 10.1. The third-order valence-corrected chi connectivity index (χ3v) is 4.79. The summed E-state index contributed by atoms with van der Waals surface area (Å²) >= 11 is 3.51. The van der Waals surface area contributed by atoms with Crippen molar-refractivity contribution in [3.63, 3.8) is 0 Å². The highest BCUT2D eigenvalue weighted by Crippen LogP contribution is 2.29. The van der Waals surface area contributed by atoms with Gasteiger partial charge in [-0.25, -0.2) is 4.98 Å². The highest BCUT2D eigenvalue weighted by atomic mass is 79.9. The number of halogens is 1. The second-order valence-electron chi connectivity index (χ2n) is 5.16. The highest BCUT2D eigenvalue weighted by Gasteiger charge is 2.34. The predicted molar refractivity (Wildman–Crippen MR) is 73.4 cm³/mol. The molecule has 1 N–H and O–H groups in total. The van der Waals surface area contributed by atoms with Gasteiger partial charge < -0.3 is 10.2 Å². The lowest BCUT2D eigenvalue weighted by Crippen LogP contribution is -2.40. The van der Waals surface area contributed by atoms with Gasteiger partial charge >= 0.3 is 0 Å². The molecule has 2 atom stereocenters. The number of aryl methyl sites for hydroxylation is 1. The smallest absolute Gasteiger partial charge is 0.128 e. The van der Waals surface area contributed by atoms with Crippen molar-refractivity contribution in [2.24, 2.45) is 5.92 Å². The van der Waals surface area contributed by atoms with Crippen molar-refractivity contribution in [3.8, 4) is 0 Å². The van der Waals surface area contributed by atoms with E-state index in [2.05, 4.69) is 44.1 Å². The molecule has 2 aliphatic heterocycles. The van der Waals surface area contributed by atoms with Crippen LogP contribution in [0.2, 0.25) is 0 Å². The van der Waals surface area contributed by atoms with Crippen molar-refractivity contribution < 1.29 is 0 Å². The minimum atomic E-state index is 0.675. The molecule has 1 aromatic heterocycles. The molecule has 0 saturated carbocycles. The van der Waals surface area contributed by atoms with E-state index < -0.39 is 0 Å². The number of hydrogen-bond donors (Lipinski definition) is 1. The third kappa shape index (κ3) is 2.20. The van der Waals surface area contributed by atoms with Crippen LogP contribution in [0.4, 0.5) is 5.82 Å². The van der Waals surface area contributed by atoms with Crippen LogP contribution in [0.15, 0.2) is 16.7 Å². The first-order chi connectivity index (χ1) is 8.24.